The number of carbonyl (C=O) groups is 2. The van der Waals surface area contributed by atoms with Crippen LogP contribution < -0.4 is 11.0 Å². The number of aromatic nitrogens is 4. The van der Waals surface area contributed by atoms with Crippen LogP contribution in [-0.4, -0.2) is 48.5 Å². The minimum absolute atomic E-state index is 0.0138. The summed E-state index contributed by atoms with van der Waals surface area (Å²) in [6.45, 7) is -0.0685. The van der Waals surface area contributed by atoms with Gasteiger partial charge in [0.15, 0.2) is 5.78 Å². The lowest BCUT2D eigenvalue weighted by Gasteiger charge is -2.29. The van der Waals surface area contributed by atoms with Crippen LogP contribution in [0.15, 0.2) is 59.7 Å². The largest absolute Gasteiger partial charge is 0.389 e. The molecule has 0 spiro atoms. The molecule has 12 heteroatoms. The van der Waals surface area contributed by atoms with E-state index in [0.29, 0.717) is 30.8 Å². The van der Waals surface area contributed by atoms with Crippen LogP contribution in [0.5, 0.6) is 0 Å². The molecule has 1 aliphatic carbocycles. The van der Waals surface area contributed by atoms with E-state index in [4.69, 9.17) is 16.7 Å². The predicted octanol–water partition coefficient (Wildman–Crippen LogP) is 4.27. The van der Waals surface area contributed by atoms with E-state index in [1.54, 1.807) is 27.5 Å². The standard InChI is InChI=1S/C29H28ClF2N5O4/c30-18-11-23(26(27(31)32)34-13-18)28(40)35-19-7-5-17(6-8-19)15-36-24-3-1-2-4-25(24)37(29(36)41)21-10-9-20(33-14-21)12-22(39)16-38/h1-4,9-11,13-14,17,19,27,38H,5-8,12,15-16H2,(H,35,40). The Bertz CT molecular complexity index is 1630. The monoisotopic (exact) mass is 583 g/mol. The van der Waals surface area contributed by atoms with Crippen LogP contribution in [0.25, 0.3) is 16.7 Å². The van der Waals surface area contributed by atoms with Gasteiger partial charge in [-0.1, -0.05) is 23.7 Å². The summed E-state index contributed by atoms with van der Waals surface area (Å²) in [5, 5.41) is 11.9. The van der Waals surface area contributed by atoms with Gasteiger partial charge in [-0.15, -0.1) is 0 Å². The normalized spacial score (nSPS) is 17.2. The smallest absolute Gasteiger partial charge is 0.333 e. The van der Waals surface area contributed by atoms with Crippen molar-refractivity contribution in [2.75, 3.05) is 6.61 Å². The Morgan fingerprint density at radius 2 is 1.78 bits per heavy atom. The number of nitrogens with zero attached hydrogens (tertiary/aromatic N) is 4. The van der Waals surface area contributed by atoms with Gasteiger partial charge in [0, 0.05) is 24.5 Å². The van der Waals surface area contributed by atoms with E-state index in [1.807, 2.05) is 24.3 Å². The van der Waals surface area contributed by atoms with Crippen molar-refractivity contribution < 1.29 is 23.5 Å². The summed E-state index contributed by atoms with van der Waals surface area (Å²) >= 11 is 5.89. The van der Waals surface area contributed by atoms with Crippen LogP contribution in [0.4, 0.5) is 8.78 Å². The molecular formula is C29H28ClF2N5O4. The summed E-state index contributed by atoms with van der Waals surface area (Å²) in [5.41, 5.74) is 1.54. The average molecular weight is 584 g/mol. The first-order valence-electron chi connectivity index (χ1n) is 13.3. The maximum Gasteiger partial charge on any atom is 0.333 e. The van der Waals surface area contributed by atoms with Crippen molar-refractivity contribution in [3.63, 3.8) is 0 Å². The molecule has 0 saturated heterocycles. The van der Waals surface area contributed by atoms with Gasteiger partial charge in [-0.05, 0) is 61.9 Å². The Hall–Kier alpha value is -3.96. The molecule has 0 unspecified atom stereocenters. The lowest BCUT2D eigenvalue weighted by atomic mass is 9.85. The molecule has 214 valence electrons. The number of Topliss-reactive ketones (excluding diaryl/α,β-unsaturated/α-hetero) is 1. The number of imidazole rings is 1. The summed E-state index contributed by atoms with van der Waals surface area (Å²) in [5.74, 6) is -0.791. The summed E-state index contributed by atoms with van der Waals surface area (Å²) in [6, 6.07) is 11.9. The van der Waals surface area contributed by atoms with Gasteiger partial charge in [-0.25, -0.2) is 13.6 Å². The number of rotatable bonds is 9. The predicted molar refractivity (Wildman–Crippen MR) is 149 cm³/mol. The third-order valence-electron chi connectivity index (χ3n) is 7.42. The molecule has 5 rings (SSSR count). The highest BCUT2D eigenvalue weighted by atomic mass is 35.5. The molecule has 3 heterocycles. The minimum atomic E-state index is -2.90. The van der Waals surface area contributed by atoms with Crippen LogP contribution in [-0.2, 0) is 17.8 Å². The Balaban J connectivity index is 1.29. The number of amides is 1. The Morgan fingerprint density at radius 3 is 2.44 bits per heavy atom. The molecule has 0 atom stereocenters. The lowest BCUT2D eigenvalue weighted by Crippen LogP contribution is -2.39. The number of benzene rings is 1. The zero-order valence-electron chi connectivity index (χ0n) is 22.0. The number of para-hydroxylation sites is 2. The SMILES string of the molecule is O=C(CO)Cc1ccc(-n2c(=O)n(CC3CCC(NC(=O)c4cc(Cl)cnc4C(F)F)CC3)c3ccccc32)cn1. The van der Waals surface area contributed by atoms with Gasteiger partial charge in [0.1, 0.15) is 12.3 Å². The van der Waals surface area contributed by atoms with Crippen molar-refractivity contribution in [2.45, 2.75) is 51.1 Å². The van der Waals surface area contributed by atoms with E-state index in [-0.39, 0.29) is 40.4 Å². The molecule has 0 bridgehead atoms. The Labute approximate surface area is 238 Å². The van der Waals surface area contributed by atoms with Crippen molar-refractivity contribution in [3.05, 3.63) is 87.3 Å². The summed E-state index contributed by atoms with van der Waals surface area (Å²) in [6.07, 6.45) is 2.51. The van der Waals surface area contributed by atoms with Gasteiger partial charge in [0.2, 0.25) is 0 Å². The van der Waals surface area contributed by atoms with Gasteiger partial charge in [-0.3, -0.25) is 28.7 Å². The molecule has 1 fully saturated rings. The van der Waals surface area contributed by atoms with Crippen LogP contribution in [0.3, 0.4) is 0 Å². The molecule has 0 radical (unpaired) electrons. The van der Waals surface area contributed by atoms with Crippen LogP contribution in [0.1, 0.15) is 53.9 Å². The fourth-order valence-corrected chi connectivity index (χ4v) is 5.52. The minimum Gasteiger partial charge on any atom is -0.389 e. The summed E-state index contributed by atoms with van der Waals surface area (Å²) in [7, 11) is 0. The van der Waals surface area contributed by atoms with Gasteiger partial charge >= 0.3 is 5.69 Å². The number of hydrogen-bond acceptors (Lipinski definition) is 6. The van der Waals surface area contributed by atoms with E-state index in [1.165, 1.54) is 6.07 Å². The first-order chi connectivity index (χ1) is 19.7. The fourth-order valence-electron chi connectivity index (χ4n) is 5.36. The highest BCUT2D eigenvalue weighted by Crippen LogP contribution is 2.29. The number of halogens is 3. The molecule has 2 N–H and O–H groups in total. The second-order valence-electron chi connectivity index (χ2n) is 10.2. The second kappa shape index (κ2) is 12.3. The van der Waals surface area contributed by atoms with E-state index < -0.39 is 24.6 Å². The molecular weight excluding hydrogens is 556 g/mol. The summed E-state index contributed by atoms with van der Waals surface area (Å²) < 4.78 is 30.0. The number of pyridine rings is 2. The quantitative estimate of drug-likeness (QED) is 0.304. The topological polar surface area (TPSA) is 119 Å². The maximum atomic E-state index is 13.6. The molecule has 4 aromatic rings. The molecule has 1 saturated carbocycles. The summed E-state index contributed by atoms with van der Waals surface area (Å²) in [4.78, 5) is 45.9. The van der Waals surface area contributed by atoms with Crippen molar-refractivity contribution >= 4 is 34.3 Å². The van der Waals surface area contributed by atoms with E-state index >= 15 is 0 Å². The van der Waals surface area contributed by atoms with Crippen LogP contribution in [0.2, 0.25) is 5.02 Å². The number of fused-ring (bicyclic) bond motifs is 1. The highest BCUT2D eigenvalue weighted by Gasteiger charge is 2.27. The number of aliphatic hydroxyl groups is 1. The Kier molecular flexibility index (Phi) is 8.55. The zero-order valence-corrected chi connectivity index (χ0v) is 22.7. The lowest BCUT2D eigenvalue weighted by molar-refractivity contribution is -0.121. The van der Waals surface area contributed by atoms with Gasteiger partial charge in [-0.2, -0.15) is 0 Å². The molecule has 1 amide bonds. The van der Waals surface area contributed by atoms with Crippen LogP contribution >= 0.6 is 11.6 Å². The molecule has 1 aliphatic rings. The first kappa shape index (κ1) is 28.6. The second-order valence-corrected chi connectivity index (χ2v) is 10.6. The third-order valence-corrected chi connectivity index (χ3v) is 7.62. The number of alkyl halides is 2. The number of carbonyl (C=O) groups excluding carboxylic acids is 2. The number of aliphatic hydroxyl groups excluding tert-OH is 1. The van der Waals surface area contributed by atoms with Crippen LogP contribution in [0, 0.1) is 5.92 Å². The van der Waals surface area contributed by atoms with Crippen molar-refractivity contribution in [1.29, 1.82) is 0 Å². The van der Waals surface area contributed by atoms with Crippen molar-refractivity contribution in [1.82, 2.24) is 24.4 Å². The molecule has 3 aromatic heterocycles. The number of hydrogen-bond donors (Lipinski definition) is 2. The average Bonchev–Trinajstić information content (AvgIpc) is 3.25. The van der Waals surface area contributed by atoms with Gasteiger partial charge in [0.25, 0.3) is 12.3 Å². The first-order valence-corrected chi connectivity index (χ1v) is 13.7. The number of nitrogens with one attached hydrogen (secondary N) is 1. The van der Waals surface area contributed by atoms with E-state index in [9.17, 15) is 23.2 Å². The molecule has 9 nitrogen and oxygen atoms in total. The van der Waals surface area contributed by atoms with E-state index in [0.717, 1.165) is 30.1 Å². The Morgan fingerprint density at radius 1 is 1.05 bits per heavy atom. The zero-order chi connectivity index (χ0) is 29.1. The fraction of sp³-hybridized carbons (Fsp3) is 0.345. The highest BCUT2D eigenvalue weighted by molar-refractivity contribution is 6.30. The van der Waals surface area contributed by atoms with Crippen molar-refractivity contribution in [3.8, 4) is 5.69 Å². The van der Waals surface area contributed by atoms with Gasteiger partial charge in [0.05, 0.1) is 39.9 Å². The number of ketones is 1. The third kappa shape index (κ3) is 6.20. The molecule has 1 aromatic carbocycles. The molecule has 0 aliphatic heterocycles. The van der Waals surface area contributed by atoms with Crippen molar-refractivity contribution in [2.24, 2.45) is 5.92 Å². The van der Waals surface area contributed by atoms with E-state index in [2.05, 4.69) is 15.3 Å². The maximum absolute atomic E-state index is 13.6. The molecule has 41 heavy (non-hydrogen) atoms. The van der Waals surface area contributed by atoms with Gasteiger partial charge < -0.3 is 10.4 Å².